The van der Waals surface area contributed by atoms with Crippen molar-refractivity contribution in [2.45, 2.75) is 25.8 Å². The number of pyridine rings is 1. The lowest BCUT2D eigenvalue weighted by Gasteiger charge is -2.22. The van der Waals surface area contributed by atoms with Crippen molar-refractivity contribution >= 4 is 17.4 Å². The molecule has 1 aromatic rings. The molecule has 78 valence electrons. The van der Waals surface area contributed by atoms with Crippen LogP contribution in [0.4, 0.5) is 5.82 Å². The number of rotatable bonds is 1. The molecule has 0 bridgehead atoms. The molecule has 0 aromatic carbocycles. The van der Waals surface area contributed by atoms with E-state index in [1.807, 2.05) is 0 Å². The average molecular weight is 222 g/mol. The Balaban J connectivity index is 2.36. The second-order valence-corrected chi connectivity index (χ2v) is 4.22. The third kappa shape index (κ3) is 2.05. The zero-order chi connectivity index (χ0) is 10.8. The van der Waals surface area contributed by atoms with E-state index in [2.05, 4.69) is 22.9 Å². The molecule has 1 fully saturated rings. The predicted molar refractivity (Wildman–Crippen MR) is 60.0 cm³/mol. The first-order valence-electron chi connectivity index (χ1n) is 5.05. The Morgan fingerprint density at radius 1 is 1.60 bits per heavy atom. The van der Waals surface area contributed by atoms with E-state index in [4.69, 9.17) is 16.9 Å². The van der Waals surface area contributed by atoms with Crippen molar-refractivity contribution in [3.05, 3.63) is 22.8 Å². The Morgan fingerprint density at radius 2 is 2.40 bits per heavy atom. The quantitative estimate of drug-likeness (QED) is 0.685. The second kappa shape index (κ2) is 4.08. The van der Waals surface area contributed by atoms with E-state index in [1.54, 1.807) is 12.1 Å². The largest absolute Gasteiger partial charge is 0.354 e. The standard InChI is InChI=1S/C11H12ClN3/c1-8-3-2-4-15(8)11-6-9(7-13)5-10(12)14-11/h5-6,8H,2-4H2,1H3. The molecule has 1 aliphatic rings. The minimum Gasteiger partial charge on any atom is -0.354 e. The van der Waals surface area contributed by atoms with Crippen LogP contribution < -0.4 is 4.90 Å². The van der Waals surface area contributed by atoms with Gasteiger partial charge in [0, 0.05) is 12.6 Å². The highest BCUT2D eigenvalue weighted by atomic mass is 35.5. The molecule has 0 N–H and O–H groups in total. The first kappa shape index (κ1) is 10.3. The number of halogens is 1. The fourth-order valence-electron chi connectivity index (χ4n) is 1.97. The summed E-state index contributed by atoms with van der Waals surface area (Å²) in [5.74, 6) is 0.823. The molecule has 0 spiro atoms. The Kier molecular flexibility index (Phi) is 2.79. The van der Waals surface area contributed by atoms with E-state index in [-0.39, 0.29) is 0 Å². The molecular formula is C11H12ClN3. The Hall–Kier alpha value is -1.27. The number of anilines is 1. The zero-order valence-corrected chi connectivity index (χ0v) is 9.33. The van der Waals surface area contributed by atoms with Crippen molar-refractivity contribution in [2.24, 2.45) is 0 Å². The maximum atomic E-state index is 8.84. The van der Waals surface area contributed by atoms with E-state index in [9.17, 15) is 0 Å². The maximum Gasteiger partial charge on any atom is 0.132 e. The fourth-order valence-corrected chi connectivity index (χ4v) is 2.17. The minimum absolute atomic E-state index is 0.392. The number of nitriles is 1. The van der Waals surface area contributed by atoms with Crippen LogP contribution in [0.1, 0.15) is 25.3 Å². The van der Waals surface area contributed by atoms with Gasteiger partial charge in [0.1, 0.15) is 11.0 Å². The topological polar surface area (TPSA) is 39.9 Å². The fraction of sp³-hybridized carbons (Fsp3) is 0.455. The molecule has 1 aromatic heterocycles. The minimum atomic E-state index is 0.392. The second-order valence-electron chi connectivity index (χ2n) is 3.83. The molecule has 4 heteroatoms. The molecule has 0 aliphatic carbocycles. The van der Waals surface area contributed by atoms with Gasteiger partial charge in [0.15, 0.2) is 0 Å². The van der Waals surface area contributed by atoms with Crippen LogP contribution in [-0.2, 0) is 0 Å². The molecule has 0 saturated carbocycles. The van der Waals surface area contributed by atoms with Crippen molar-refractivity contribution in [1.82, 2.24) is 4.98 Å². The van der Waals surface area contributed by atoms with Gasteiger partial charge in [0.25, 0.3) is 0 Å². The van der Waals surface area contributed by atoms with Crippen LogP contribution in [0.5, 0.6) is 0 Å². The molecule has 2 rings (SSSR count). The van der Waals surface area contributed by atoms with Gasteiger partial charge in [0.2, 0.25) is 0 Å². The van der Waals surface area contributed by atoms with Crippen molar-refractivity contribution in [2.75, 3.05) is 11.4 Å². The third-order valence-corrected chi connectivity index (χ3v) is 2.95. The molecule has 1 saturated heterocycles. The van der Waals surface area contributed by atoms with Crippen LogP contribution in [0, 0.1) is 11.3 Å². The smallest absolute Gasteiger partial charge is 0.132 e. The normalized spacial score (nSPS) is 20.3. The van der Waals surface area contributed by atoms with E-state index < -0.39 is 0 Å². The average Bonchev–Trinajstić information content (AvgIpc) is 2.63. The lowest BCUT2D eigenvalue weighted by atomic mass is 10.2. The van der Waals surface area contributed by atoms with Crippen LogP contribution in [0.15, 0.2) is 12.1 Å². The van der Waals surface area contributed by atoms with E-state index >= 15 is 0 Å². The van der Waals surface area contributed by atoms with Gasteiger partial charge in [-0.2, -0.15) is 5.26 Å². The summed E-state index contributed by atoms with van der Waals surface area (Å²) in [7, 11) is 0. The van der Waals surface area contributed by atoms with Crippen molar-refractivity contribution in [3.8, 4) is 6.07 Å². The SMILES string of the molecule is CC1CCCN1c1cc(C#N)cc(Cl)n1. The number of hydrogen-bond donors (Lipinski definition) is 0. The zero-order valence-electron chi connectivity index (χ0n) is 8.57. The summed E-state index contributed by atoms with van der Waals surface area (Å²) in [5.41, 5.74) is 0.573. The Labute approximate surface area is 94.3 Å². The highest BCUT2D eigenvalue weighted by Crippen LogP contribution is 2.25. The summed E-state index contributed by atoms with van der Waals surface area (Å²) in [5, 5.41) is 9.23. The molecular weight excluding hydrogens is 210 g/mol. The van der Waals surface area contributed by atoms with Crippen molar-refractivity contribution < 1.29 is 0 Å². The number of aromatic nitrogens is 1. The highest BCUT2D eigenvalue weighted by molar-refractivity contribution is 6.29. The number of nitrogens with zero attached hydrogens (tertiary/aromatic N) is 3. The first-order chi connectivity index (χ1) is 7.20. The van der Waals surface area contributed by atoms with Crippen molar-refractivity contribution in [1.29, 1.82) is 5.26 Å². The molecule has 0 radical (unpaired) electrons. The molecule has 3 nitrogen and oxygen atoms in total. The first-order valence-corrected chi connectivity index (χ1v) is 5.43. The van der Waals surface area contributed by atoms with Crippen LogP contribution >= 0.6 is 11.6 Å². The van der Waals surface area contributed by atoms with E-state index in [0.717, 1.165) is 12.4 Å². The summed E-state index contributed by atoms with van der Waals surface area (Å²) in [4.78, 5) is 6.46. The predicted octanol–water partition coefficient (Wildman–Crippen LogP) is 2.60. The van der Waals surface area contributed by atoms with Gasteiger partial charge < -0.3 is 4.90 Å². The van der Waals surface area contributed by atoms with Gasteiger partial charge in [-0.25, -0.2) is 4.98 Å². The summed E-state index contributed by atoms with van der Waals surface area (Å²) in [6.07, 6.45) is 2.35. The molecule has 1 atom stereocenters. The summed E-state index contributed by atoms with van der Waals surface area (Å²) >= 11 is 5.87. The van der Waals surface area contributed by atoms with Crippen LogP contribution in [-0.4, -0.2) is 17.6 Å². The van der Waals surface area contributed by atoms with Crippen molar-refractivity contribution in [3.63, 3.8) is 0 Å². The maximum absolute atomic E-state index is 8.84. The highest BCUT2D eigenvalue weighted by Gasteiger charge is 2.22. The Bertz CT molecular complexity index is 411. The van der Waals surface area contributed by atoms with Gasteiger partial charge in [-0.1, -0.05) is 11.6 Å². The molecule has 0 amide bonds. The van der Waals surface area contributed by atoms with Crippen LogP contribution in [0.3, 0.4) is 0 Å². The lowest BCUT2D eigenvalue weighted by molar-refractivity contribution is 0.727. The third-order valence-electron chi connectivity index (χ3n) is 2.76. The van der Waals surface area contributed by atoms with Crippen LogP contribution in [0.25, 0.3) is 0 Å². The van der Waals surface area contributed by atoms with E-state index in [0.29, 0.717) is 16.8 Å². The van der Waals surface area contributed by atoms with Gasteiger partial charge in [-0.3, -0.25) is 0 Å². The lowest BCUT2D eigenvalue weighted by Crippen LogP contribution is -2.27. The number of hydrogen-bond acceptors (Lipinski definition) is 3. The summed E-state index contributed by atoms with van der Waals surface area (Å²) in [6, 6.07) is 5.97. The molecule has 1 unspecified atom stereocenters. The summed E-state index contributed by atoms with van der Waals surface area (Å²) in [6.45, 7) is 3.17. The summed E-state index contributed by atoms with van der Waals surface area (Å²) < 4.78 is 0. The van der Waals surface area contributed by atoms with Gasteiger partial charge >= 0.3 is 0 Å². The van der Waals surface area contributed by atoms with Crippen LogP contribution in [0.2, 0.25) is 5.15 Å². The molecule has 2 heterocycles. The van der Waals surface area contributed by atoms with E-state index in [1.165, 1.54) is 12.8 Å². The van der Waals surface area contributed by atoms with Gasteiger partial charge in [-0.15, -0.1) is 0 Å². The Morgan fingerprint density at radius 3 is 3.00 bits per heavy atom. The van der Waals surface area contributed by atoms with Gasteiger partial charge in [0.05, 0.1) is 11.6 Å². The monoisotopic (exact) mass is 221 g/mol. The molecule has 1 aliphatic heterocycles. The van der Waals surface area contributed by atoms with Gasteiger partial charge in [-0.05, 0) is 31.9 Å². The molecule has 15 heavy (non-hydrogen) atoms.